The largest absolute Gasteiger partial charge is 0.376 e. The van der Waals surface area contributed by atoms with E-state index < -0.39 is 0 Å². The second kappa shape index (κ2) is 6.15. The molecule has 1 heterocycles. The molecule has 0 radical (unpaired) electrons. The molecule has 17 heavy (non-hydrogen) atoms. The number of nitrogens with zero attached hydrogens (tertiary/aromatic N) is 1. The number of benzene rings is 1. The number of hydrogen-bond donors (Lipinski definition) is 1. The highest BCUT2D eigenvalue weighted by Gasteiger charge is 2.16. The van der Waals surface area contributed by atoms with Gasteiger partial charge in [-0.2, -0.15) is 0 Å². The lowest BCUT2D eigenvalue weighted by atomic mass is 10.0. The number of nitrogens with two attached hydrogens (primary N) is 1. The van der Waals surface area contributed by atoms with Gasteiger partial charge in [-0.1, -0.05) is 24.3 Å². The van der Waals surface area contributed by atoms with E-state index in [2.05, 4.69) is 36.1 Å². The first-order chi connectivity index (χ1) is 8.29. The molecule has 2 N–H and O–H groups in total. The predicted molar refractivity (Wildman–Crippen MR) is 69.9 cm³/mol. The Morgan fingerprint density at radius 3 is 2.82 bits per heavy atom. The molecule has 1 aromatic rings. The van der Waals surface area contributed by atoms with Gasteiger partial charge >= 0.3 is 0 Å². The number of hydrogen-bond acceptors (Lipinski definition) is 3. The maximum absolute atomic E-state index is 5.75. The molecule has 1 aliphatic rings. The molecule has 1 aliphatic heterocycles. The van der Waals surface area contributed by atoms with Crippen molar-refractivity contribution in [2.45, 2.75) is 26.0 Å². The lowest BCUT2D eigenvalue weighted by Gasteiger charge is -2.31. The van der Waals surface area contributed by atoms with E-state index in [-0.39, 0.29) is 0 Å². The summed E-state index contributed by atoms with van der Waals surface area (Å²) in [6, 6.07) is 8.46. The average Bonchev–Trinajstić information content (AvgIpc) is 2.37. The Hall–Kier alpha value is -0.900. The Bertz CT molecular complexity index is 354. The summed E-state index contributed by atoms with van der Waals surface area (Å²) >= 11 is 0. The maximum Gasteiger partial charge on any atom is 0.0674 e. The van der Waals surface area contributed by atoms with Crippen molar-refractivity contribution in [3.8, 4) is 0 Å². The second-order valence-electron chi connectivity index (χ2n) is 4.70. The van der Waals surface area contributed by atoms with Crippen LogP contribution in [-0.4, -0.2) is 37.2 Å². The average molecular weight is 234 g/mol. The van der Waals surface area contributed by atoms with Gasteiger partial charge in [0.15, 0.2) is 0 Å². The smallest absolute Gasteiger partial charge is 0.0674 e. The van der Waals surface area contributed by atoms with Gasteiger partial charge in [0.05, 0.1) is 12.7 Å². The molecular formula is C14H22N2O. The van der Waals surface area contributed by atoms with Gasteiger partial charge in [0.1, 0.15) is 0 Å². The van der Waals surface area contributed by atoms with Crippen LogP contribution in [0.1, 0.15) is 18.1 Å². The van der Waals surface area contributed by atoms with Crippen molar-refractivity contribution < 1.29 is 4.74 Å². The van der Waals surface area contributed by atoms with E-state index >= 15 is 0 Å². The van der Waals surface area contributed by atoms with E-state index in [4.69, 9.17) is 10.5 Å². The van der Waals surface area contributed by atoms with Gasteiger partial charge in [0.25, 0.3) is 0 Å². The van der Waals surface area contributed by atoms with Gasteiger partial charge in [0, 0.05) is 26.2 Å². The van der Waals surface area contributed by atoms with E-state index in [1.165, 1.54) is 11.1 Å². The molecule has 0 bridgehead atoms. The zero-order valence-electron chi connectivity index (χ0n) is 10.6. The van der Waals surface area contributed by atoms with Gasteiger partial charge < -0.3 is 10.5 Å². The van der Waals surface area contributed by atoms with E-state index in [9.17, 15) is 0 Å². The number of morpholine rings is 1. The molecular weight excluding hydrogens is 212 g/mol. The minimum absolute atomic E-state index is 0.369. The van der Waals surface area contributed by atoms with E-state index in [1.807, 2.05) is 0 Å². The monoisotopic (exact) mass is 234 g/mol. The minimum atomic E-state index is 0.369. The summed E-state index contributed by atoms with van der Waals surface area (Å²) in [6.07, 6.45) is 1.45. The third kappa shape index (κ3) is 3.53. The van der Waals surface area contributed by atoms with Crippen LogP contribution >= 0.6 is 0 Å². The van der Waals surface area contributed by atoms with E-state index in [0.29, 0.717) is 12.6 Å². The highest BCUT2D eigenvalue weighted by atomic mass is 16.5. The molecule has 3 heteroatoms. The van der Waals surface area contributed by atoms with Crippen LogP contribution in [0.25, 0.3) is 0 Å². The van der Waals surface area contributed by atoms with Crippen LogP contribution in [0.4, 0.5) is 0 Å². The number of rotatable bonds is 4. The SMILES string of the molecule is CC1CN(CCc2ccccc2CN)CCO1. The summed E-state index contributed by atoms with van der Waals surface area (Å²) in [5.41, 5.74) is 8.40. The van der Waals surface area contributed by atoms with Crippen LogP contribution < -0.4 is 5.73 Å². The van der Waals surface area contributed by atoms with Gasteiger partial charge in [-0.05, 0) is 24.5 Å². The summed E-state index contributed by atoms with van der Waals surface area (Å²) in [7, 11) is 0. The van der Waals surface area contributed by atoms with Crippen molar-refractivity contribution in [2.75, 3.05) is 26.2 Å². The molecule has 1 saturated heterocycles. The molecule has 0 aliphatic carbocycles. The van der Waals surface area contributed by atoms with Crippen molar-refractivity contribution in [1.29, 1.82) is 0 Å². The van der Waals surface area contributed by atoms with Crippen LogP contribution in [0.15, 0.2) is 24.3 Å². The van der Waals surface area contributed by atoms with E-state index in [0.717, 1.165) is 32.7 Å². The van der Waals surface area contributed by atoms with Crippen LogP contribution in [0, 0.1) is 0 Å². The molecule has 2 rings (SSSR count). The Kier molecular flexibility index (Phi) is 4.54. The summed E-state index contributed by atoms with van der Waals surface area (Å²) < 4.78 is 5.54. The van der Waals surface area contributed by atoms with Crippen LogP contribution in [-0.2, 0) is 17.7 Å². The fraction of sp³-hybridized carbons (Fsp3) is 0.571. The minimum Gasteiger partial charge on any atom is -0.376 e. The zero-order valence-corrected chi connectivity index (χ0v) is 10.6. The summed E-state index contributed by atoms with van der Waals surface area (Å²) in [4.78, 5) is 2.47. The molecule has 1 unspecified atom stereocenters. The van der Waals surface area contributed by atoms with Crippen LogP contribution in [0.5, 0.6) is 0 Å². The van der Waals surface area contributed by atoms with Crippen LogP contribution in [0.3, 0.4) is 0 Å². The van der Waals surface area contributed by atoms with E-state index in [1.54, 1.807) is 0 Å². The summed E-state index contributed by atoms with van der Waals surface area (Å²) in [6.45, 7) is 6.83. The summed E-state index contributed by atoms with van der Waals surface area (Å²) in [5, 5.41) is 0. The molecule has 1 aromatic carbocycles. The molecule has 0 aromatic heterocycles. The topological polar surface area (TPSA) is 38.5 Å². The highest BCUT2D eigenvalue weighted by molar-refractivity contribution is 5.27. The van der Waals surface area contributed by atoms with Crippen molar-refractivity contribution in [3.63, 3.8) is 0 Å². The quantitative estimate of drug-likeness (QED) is 0.856. The standard InChI is InChI=1S/C14H22N2O/c1-12-11-16(8-9-17-12)7-6-13-4-2-3-5-14(13)10-15/h2-5,12H,6-11,15H2,1H3. The molecule has 0 spiro atoms. The molecule has 0 amide bonds. The number of ether oxygens (including phenoxy) is 1. The molecule has 0 saturated carbocycles. The maximum atomic E-state index is 5.75. The lowest BCUT2D eigenvalue weighted by molar-refractivity contribution is -0.0177. The Morgan fingerprint density at radius 1 is 1.35 bits per heavy atom. The van der Waals surface area contributed by atoms with Crippen molar-refractivity contribution in [2.24, 2.45) is 5.73 Å². The first kappa shape index (κ1) is 12.6. The predicted octanol–water partition coefficient (Wildman–Crippen LogP) is 1.41. The normalized spacial score (nSPS) is 21.6. The first-order valence-corrected chi connectivity index (χ1v) is 6.40. The molecule has 1 fully saturated rings. The Balaban J connectivity index is 1.88. The van der Waals surface area contributed by atoms with Crippen molar-refractivity contribution in [3.05, 3.63) is 35.4 Å². The first-order valence-electron chi connectivity index (χ1n) is 6.40. The van der Waals surface area contributed by atoms with Gasteiger partial charge in [0.2, 0.25) is 0 Å². The fourth-order valence-electron chi connectivity index (χ4n) is 2.37. The summed E-state index contributed by atoms with van der Waals surface area (Å²) in [5.74, 6) is 0. The van der Waals surface area contributed by atoms with Crippen molar-refractivity contribution >= 4 is 0 Å². The molecule has 94 valence electrons. The molecule has 3 nitrogen and oxygen atoms in total. The van der Waals surface area contributed by atoms with Crippen molar-refractivity contribution in [1.82, 2.24) is 4.90 Å². The Labute approximate surface area is 104 Å². The third-order valence-electron chi connectivity index (χ3n) is 3.36. The van der Waals surface area contributed by atoms with Gasteiger partial charge in [-0.15, -0.1) is 0 Å². The second-order valence-corrected chi connectivity index (χ2v) is 4.70. The fourth-order valence-corrected chi connectivity index (χ4v) is 2.37. The highest BCUT2D eigenvalue weighted by Crippen LogP contribution is 2.11. The lowest BCUT2D eigenvalue weighted by Crippen LogP contribution is -2.42. The third-order valence-corrected chi connectivity index (χ3v) is 3.36. The van der Waals surface area contributed by atoms with Gasteiger partial charge in [-0.3, -0.25) is 4.90 Å². The zero-order chi connectivity index (χ0) is 12.1. The molecule has 1 atom stereocenters. The van der Waals surface area contributed by atoms with Gasteiger partial charge in [-0.25, -0.2) is 0 Å². The van der Waals surface area contributed by atoms with Crippen LogP contribution in [0.2, 0.25) is 0 Å². The Morgan fingerprint density at radius 2 is 2.12 bits per heavy atom.